The van der Waals surface area contributed by atoms with Crippen LogP contribution in [0.15, 0.2) is 18.2 Å². The number of carbonyl (C=O) groups excluding carboxylic acids is 1. The number of rotatable bonds is 3. The van der Waals surface area contributed by atoms with E-state index in [0.717, 1.165) is 5.56 Å². The molecule has 0 bridgehead atoms. The first-order valence-electron chi connectivity index (χ1n) is 9.20. The number of hydrogen-bond donors (Lipinski definition) is 1. The van der Waals surface area contributed by atoms with Gasteiger partial charge in [0, 0.05) is 51.1 Å². The van der Waals surface area contributed by atoms with Gasteiger partial charge in [0.15, 0.2) is 0 Å². The van der Waals surface area contributed by atoms with Gasteiger partial charge in [0.2, 0.25) is 10.0 Å². The van der Waals surface area contributed by atoms with Gasteiger partial charge >= 0.3 is 6.03 Å². The molecule has 1 unspecified atom stereocenters. The van der Waals surface area contributed by atoms with Gasteiger partial charge in [0.25, 0.3) is 0 Å². The summed E-state index contributed by atoms with van der Waals surface area (Å²) in [4.78, 5) is 16.4. The number of hydrogen-bond acceptors (Lipinski definition) is 4. The average Bonchev–Trinajstić information content (AvgIpc) is 3.08. The second-order valence-electron chi connectivity index (χ2n) is 7.52. The van der Waals surface area contributed by atoms with Gasteiger partial charge in [-0.1, -0.05) is 29.3 Å². The Balaban J connectivity index is 1.71. The largest absolute Gasteiger partial charge is 0.393 e. The third-order valence-electron chi connectivity index (χ3n) is 5.61. The van der Waals surface area contributed by atoms with Gasteiger partial charge in [-0.05, 0) is 24.6 Å². The summed E-state index contributed by atoms with van der Waals surface area (Å²) in [6.07, 6.45) is 0.597. The van der Waals surface area contributed by atoms with Crippen molar-refractivity contribution in [2.24, 2.45) is 5.92 Å². The minimum atomic E-state index is -3.24. The Morgan fingerprint density at radius 3 is 2.29 bits per heavy atom. The summed E-state index contributed by atoms with van der Waals surface area (Å²) in [6.45, 7) is 3.96. The number of piperazine rings is 1. The van der Waals surface area contributed by atoms with E-state index in [4.69, 9.17) is 23.2 Å². The first kappa shape index (κ1) is 21.6. The summed E-state index contributed by atoms with van der Waals surface area (Å²) in [5, 5.41) is 11.2. The highest BCUT2D eigenvalue weighted by molar-refractivity contribution is 7.88. The van der Waals surface area contributed by atoms with E-state index in [9.17, 15) is 18.3 Å². The highest BCUT2D eigenvalue weighted by Crippen LogP contribution is 2.37. The molecular formula is C18H25Cl2N3O4S. The third kappa shape index (κ3) is 4.57. The Bertz CT molecular complexity index is 841. The topological polar surface area (TPSA) is 81.2 Å². The Morgan fingerprint density at radius 2 is 1.75 bits per heavy atom. The fraction of sp³-hybridized carbons (Fsp3) is 0.611. The number of carbonyl (C=O) groups is 1. The predicted molar refractivity (Wildman–Crippen MR) is 109 cm³/mol. The normalized spacial score (nSPS) is 25.2. The number of urea groups is 1. The van der Waals surface area contributed by atoms with E-state index >= 15 is 0 Å². The Labute approximate surface area is 175 Å². The average molecular weight is 450 g/mol. The van der Waals surface area contributed by atoms with E-state index in [2.05, 4.69) is 0 Å². The van der Waals surface area contributed by atoms with E-state index in [0.29, 0.717) is 49.3 Å². The van der Waals surface area contributed by atoms with Gasteiger partial charge in [0.05, 0.1) is 22.4 Å². The fourth-order valence-corrected chi connectivity index (χ4v) is 5.11. The quantitative estimate of drug-likeness (QED) is 0.765. The first-order chi connectivity index (χ1) is 13.1. The summed E-state index contributed by atoms with van der Waals surface area (Å²) >= 11 is 12.2. The number of benzene rings is 1. The number of nitrogens with zero attached hydrogens (tertiary/aromatic N) is 3. The van der Waals surface area contributed by atoms with E-state index in [-0.39, 0.29) is 17.9 Å². The molecule has 0 radical (unpaired) electrons. The lowest BCUT2D eigenvalue weighted by atomic mass is 9.86. The van der Waals surface area contributed by atoms with Gasteiger partial charge in [-0.3, -0.25) is 0 Å². The second kappa shape index (κ2) is 8.36. The molecule has 2 aliphatic rings. The molecule has 2 saturated heterocycles. The standard InChI is InChI=1S/C18H25Cl2N3O4S/c1-12(24)14-10-22(11-15(14)13-3-4-16(19)17(20)9-13)18(25)21-5-7-23(8-6-21)28(2,26)27/h3-4,9,12,14-15,24H,5-8,10-11H2,1-2H3/t12-,14?,15-/m0/s1. The highest BCUT2D eigenvalue weighted by atomic mass is 35.5. The van der Waals surface area contributed by atoms with Crippen molar-refractivity contribution in [2.45, 2.75) is 18.9 Å². The zero-order valence-corrected chi connectivity index (χ0v) is 18.2. The molecular weight excluding hydrogens is 425 g/mol. The molecule has 156 valence electrons. The smallest absolute Gasteiger partial charge is 0.320 e. The van der Waals surface area contributed by atoms with Crippen molar-refractivity contribution >= 4 is 39.3 Å². The van der Waals surface area contributed by atoms with Crippen LogP contribution in [0.4, 0.5) is 4.79 Å². The molecule has 28 heavy (non-hydrogen) atoms. The van der Waals surface area contributed by atoms with Crippen molar-refractivity contribution in [2.75, 3.05) is 45.5 Å². The van der Waals surface area contributed by atoms with Crippen molar-refractivity contribution in [1.82, 2.24) is 14.1 Å². The van der Waals surface area contributed by atoms with Crippen LogP contribution in [0.3, 0.4) is 0 Å². The fourth-order valence-electron chi connectivity index (χ4n) is 3.98. The zero-order chi connectivity index (χ0) is 20.6. The van der Waals surface area contributed by atoms with E-state index in [1.807, 2.05) is 6.07 Å². The van der Waals surface area contributed by atoms with Crippen LogP contribution in [-0.4, -0.2) is 85.3 Å². The van der Waals surface area contributed by atoms with E-state index in [1.165, 1.54) is 10.6 Å². The van der Waals surface area contributed by atoms with Crippen molar-refractivity contribution < 1.29 is 18.3 Å². The number of sulfonamides is 1. The molecule has 7 nitrogen and oxygen atoms in total. The van der Waals surface area contributed by atoms with E-state index < -0.39 is 16.1 Å². The molecule has 1 aromatic rings. The SMILES string of the molecule is C[C@H](O)C1CN(C(=O)N2CCN(S(C)(=O)=O)CC2)C[C@H]1c1ccc(Cl)c(Cl)c1. The van der Waals surface area contributed by atoms with Gasteiger partial charge in [-0.25, -0.2) is 13.2 Å². The molecule has 2 heterocycles. The van der Waals surface area contributed by atoms with Crippen molar-refractivity contribution in [3.63, 3.8) is 0 Å². The van der Waals surface area contributed by atoms with Gasteiger partial charge in [-0.2, -0.15) is 4.31 Å². The minimum Gasteiger partial charge on any atom is -0.393 e. The molecule has 0 saturated carbocycles. The van der Waals surface area contributed by atoms with Crippen LogP contribution in [0.2, 0.25) is 10.0 Å². The molecule has 2 aliphatic heterocycles. The van der Waals surface area contributed by atoms with Crippen LogP contribution in [-0.2, 0) is 10.0 Å². The van der Waals surface area contributed by atoms with Crippen molar-refractivity contribution in [3.05, 3.63) is 33.8 Å². The highest BCUT2D eigenvalue weighted by Gasteiger charge is 2.40. The van der Waals surface area contributed by atoms with Gasteiger partial charge in [0.1, 0.15) is 0 Å². The molecule has 1 N–H and O–H groups in total. The molecule has 10 heteroatoms. The monoisotopic (exact) mass is 449 g/mol. The lowest BCUT2D eigenvalue weighted by molar-refractivity contribution is 0.115. The lowest BCUT2D eigenvalue weighted by Gasteiger charge is -2.35. The van der Waals surface area contributed by atoms with Crippen LogP contribution < -0.4 is 0 Å². The van der Waals surface area contributed by atoms with Crippen molar-refractivity contribution in [1.29, 1.82) is 0 Å². The maximum Gasteiger partial charge on any atom is 0.320 e. The summed E-state index contributed by atoms with van der Waals surface area (Å²) < 4.78 is 24.7. The van der Waals surface area contributed by atoms with Crippen LogP contribution in [0.1, 0.15) is 18.4 Å². The molecule has 1 aromatic carbocycles. The molecule has 3 rings (SSSR count). The number of likely N-dealkylation sites (tertiary alicyclic amines) is 1. The molecule has 2 fully saturated rings. The molecule has 0 spiro atoms. The van der Waals surface area contributed by atoms with Crippen LogP contribution in [0.5, 0.6) is 0 Å². The number of halogens is 2. The number of amides is 2. The van der Waals surface area contributed by atoms with Crippen LogP contribution in [0, 0.1) is 5.92 Å². The zero-order valence-electron chi connectivity index (χ0n) is 15.9. The van der Waals surface area contributed by atoms with Crippen LogP contribution in [0.25, 0.3) is 0 Å². The van der Waals surface area contributed by atoms with Gasteiger partial charge < -0.3 is 14.9 Å². The molecule has 0 aliphatic carbocycles. The number of aliphatic hydroxyl groups is 1. The third-order valence-corrected chi connectivity index (χ3v) is 7.65. The summed E-state index contributed by atoms with van der Waals surface area (Å²) in [5.74, 6) is -0.158. The predicted octanol–water partition coefficient (Wildman–Crippen LogP) is 2.09. The summed E-state index contributed by atoms with van der Waals surface area (Å²) in [6, 6.07) is 5.28. The second-order valence-corrected chi connectivity index (χ2v) is 10.3. The minimum absolute atomic E-state index is 0.0453. The van der Waals surface area contributed by atoms with Crippen LogP contribution >= 0.6 is 23.2 Å². The molecule has 3 atom stereocenters. The maximum atomic E-state index is 13.0. The number of aliphatic hydroxyl groups excluding tert-OH is 1. The lowest BCUT2D eigenvalue weighted by Crippen LogP contribution is -2.53. The Hall–Kier alpha value is -1.06. The Morgan fingerprint density at radius 1 is 1.11 bits per heavy atom. The van der Waals surface area contributed by atoms with E-state index in [1.54, 1.807) is 28.9 Å². The van der Waals surface area contributed by atoms with Crippen molar-refractivity contribution in [3.8, 4) is 0 Å². The summed E-state index contributed by atoms with van der Waals surface area (Å²) in [5.41, 5.74) is 0.942. The summed E-state index contributed by atoms with van der Waals surface area (Å²) in [7, 11) is -3.24. The molecule has 2 amide bonds. The molecule has 0 aromatic heterocycles. The maximum absolute atomic E-state index is 13.0. The van der Waals surface area contributed by atoms with Gasteiger partial charge in [-0.15, -0.1) is 0 Å². The first-order valence-corrected chi connectivity index (χ1v) is 11.8. The Kier molecular flexibility index (Phi) is 6.46.